The number of rotatable bonds is 7. The molecule has 0 aromatic heterocycles. The molecular formula is C16H22N2O4. The van der Waals surface area contributed by atoms with E-state index < -0.39 is 17.9 Å². The maximum Gasteiger partial charge on any atom is 0.330 e. The summed E-state index contributed by atoms with van der Waals surface area (Å²) in [6.07, 6.45) is 1.03. The van der Waals surface area contributed by atoms with E-state index in [-0.39, 0.29) is 12.5 Å². The SMILES string of the molecule is CCCC(=O)NCC(=O)NC(C(=O)O)c1cc(C)cc(C)c1. The summed E-state index contributed by atoms with van der Waals surface area (Å²) in [5.74, 6) is -1.90. The van der Waals surface area contributed by atoms with Crippen molar-refractivity contribution in [3.05, 3.63) is 34.9 Å². The van der Waals surface area contributed by atoms with E-state index in [1.54, 1.807) is 12.1 Å². The van der Waals surface area contributed by atoms with Gasteiger partial charge in [0.25, 0.3) is 0 Å². The molecule has 0 aliphatic heterocycles. The van der Waals surface area contributed by atoms with E-state index in [0.717, 1.165) is 11.1 Å². The molecule has 2 amide bonds. The predicted octanol–water partition coefficient (Wildman–Crippen LogP) is 1.46. The molecule has 6 heteroatoms. The van der Waals surface area contributed by atoms with Crippen LogP contribution in [0, 0.1) is 13.8 Å². The molecule has 1 aromatic carbocycles. The first-order chi connectivity index (χ1) is 10.3. The molecule has 1 atom stereocenters. The number of hydrogen-bond donors (Lipinski definition) is 3. The van der Waals surface area contributed by atoms with Gasteiger partial charge in [-0.1, -0.05) is 36.2 Å². The van der Waals surface area contributed by atoms with E-state index in [1.165, 1.54) is 0 Å². The molecule has 0 saturated carbocycles. The molecule has 0 spiro atoms. The third-order valence-corrected chi connectivity index (χ3v) is 3.05. The average Bonchev–Trinajstić information content (AvgIpc) is 2.41. The topological polar surface area (TPSA) is 95.5 Å². The number of carboxylic acids is 1. The number of nitrogens with one attached hydrogen (secondary N) is 2. The number of aryl methyl sites for hydroxylation is 2. The van der Waals surface area contributed by atoms with E-state index in [2.05, 4.69) is 10.6 Å². The monoisotopic (exact) mass is 306 g/mol. The zero-order valence-corrected chi connectivity index (χ0v) is 13.1. The highest BCUT2D eigenvalue weighted by Crippen LogP contribution is 2.17. The Morgan fingerprint density at radius 3 is 2.18 bits per heavy atom. The highest BCUT2D eigenvalue weighted by atomic mass is 16.4. The van der Waals surface area contributed by atoms with E-state index in [1.807, 2.05) is 26.8 Å². The third-order valence-electron chi connectivity index (χ3n) is 3.05. The molecule has 0 saturated heterocycles. The fraction of sp³-hybridized carbons (Fsp3) is 0.438. The number of benzene rings is 1. The molecule has 0 bridgehead atoms. The highest BCUT2D eigenvalue weighted by molar-refractivity contribution is 5.88. The molecule has 3 N–H and O–H groups in total. The Balaban J connectivity index is 2.74. The van der Waals surface area contributed by atoms with Crippen molar-refractivity contribution in [1.82, 2.24) is 10.6 Å². The smallest absolute Gasteiger partial charge is 0.330 e. The standard InChI is InChI=1S/C16H22N2O4/c1-4-5-13(19)17-9-14(20)18-15(16(21)22)12-7-10(2)6-11(3)8-12/h6-8,15H,4-5,9H2,1-3H3,(H,17,19)(H,18,20)(H,21,22). The summed E-state index contributed by atoms with van der Waals surface area (Å²) in [5.41, 5.74) is 2.36. The normalized spacial score (nSPS) is 11.6. The van der Waals surface area contributed by atoms with Gasteiger partial charge in [-0.3, -0.25) is 9.59 Å². The second-order valence-electron chi connectivity index (χ2n) is 5.29. The van der Waals surface area contributed by atoms with Gasteiger partial charge >= 0.3 is 5.97 Å². The zero-order chi connectivity index (χ0) is 16.7. The molecule has 6 nitrogen and oxygen atoms in total. The van der Waals surface area contributed by atoms with Gasteiger partial charge in [-0.15, -0.1) is 0 Å². The molecule has 0 aliphatic rings. The van der Waals surface area contributed by atoms with Crippen LogP contribution >= 0.6 is 0 Å². The Bertz CT molecular complexity index is 549. The summed E-state index contributed by atoms with van der Waals surface area (Å²) in [6.45, 7) is 5.36. The maximum atomic E-state index is 11.8. The Hall–Kier alpha value is -2.37. The summed E-state index contributed by atoms with van der Waals surface area (Å²) in [4.78, 5) is 34.5. The Labute approximate surface area is 129 Å². The Morgan fingerprint density at radius 2 is 1.68 bits per heavy atom. The van der Waals surface area contributed by atoms with Crippen LogP contribution in [0.25, 0.3) is 0 Å². The van der Waals surface area contributed by atoms with Crippen LogP contribution in [-0.2, 0) is 14.4 Å². The molecule has 120 valence electrons. The average molecular weight is 306 g/mol. The van der Waals surface area contributed by atoms with Crippen LogP contribution in [0.15, 0.2) is 18.2 Å². The fourth-order valence-electron chi connectivity index (χ4n) is 2.17. The van der Waals surface area contributed by atoms with Gasteiger partial charge in [0, 0.05) is 6.42 Å². The molecule has 22 heavy (non-hydrogen) atoms. The maximum absolute atomic E-state index is 11.8. The van der Waals surface area contributed by atoms with Gasteiger partial charge in [0.15, 0.2) is 6.04 Å². The van der Waals surface area contributed by atoms with Gasteiger partial charge in [-0.25, -0.2) is 4.79 Å². The van der Waals surface area contributed by atoms with E-state index in [4.69, 9.17) is 0 Å². The van der Waals surface area contributed by atoms with Crippen LogP contribution in [0.1, 0.15) is 42.5 Å². The number of carbonyl (C=O) groups excluding carboxylic acids is 2. The van der Waals surface area contributed by atoms with E-state index >= 15 is 0 Å². The number of hydrogen-bond acceptors (Lipinski definition) is 3. The number of aliphatic carboxylic acids is 1. The van der Waals surface area contributed by atoms with Crippen LogP contribution in [0.5, 0.6) is 0 Å². The minimum atomic E-state index is -1.14. The van der Waals surface area contributed by atoms with Crippen LogP contribution in [0.2, 0.25) is 0 Å². The number of carboxylic acid groups (broad SMARTS) is 1. The second-order valence-corrected chi connectivity index (χ2v) is 5.29. The van der Waals surface area contributed by atoms with Crippen molar-refractivity contribution in [2.75, 3.05) is 6.54 Å². The van der Waals surface area contributed by atoms with Gasteiger partial charge in [0.1, 0.15) is 0 Å². The summed E-state index contributed by atoms with van der Waals surface area (Å²) in [6, 6.07) is 4.24. The molecule has 1 rings (SSSR count). The van der Waals surface area contributed by atoms with Gasteiger partial charge in [0.05, 0.1) is 6.54 Å². The van der Waals surface area contributed by atoms with Crippen molar-refractivity contribution in [3.63, 3.8) is 0 Å². The van der Waals surface area contributed by atoms with Crippen molar-refractivity contribution in [2.45, 2.75) is 39.7 Å². The molecule has 0 aliphatic carbocycles. The summed E-state index contributed by atoms with van der Waals surface area (Å²) < 4.78 is 0. The largest absolute Gasteiger partial charge is 0.479 e. The van der Waals surface area contributed by atoms with Gasteiger partial charge in [-0.2, -0.15) is 0 Å². The molecule has 0 radical (unpaired) electrons. The minimum absolute atomic E-state index is 0.226. The Kier molecular flexibility index (Phi) is 6.56. The first-order valence-corrected chi connectivity index (χ1v) is 7.20. The first kappa shape index (κ1) is 17.7. The van der Waals surface area contributed by atoms with Gasteiger partial charge in [0.2, 0.25) is 11.8 Å². The first-order valence-electron chi connectivity index (χ1n) is 7.20. The number of amides is 2. The van der Waals surface area contributed by atoms with E-state index in [9.17, 15) is 19.5 Å². The van der Waals surface area contributed by atoms with Crippen LogP contribution in [-0.4, -0.2) is 29.4 Å². The molecule has 0 heterocycles. The number of carbonyl (C=O) groups is 3. The van der Waals surface area contributed by atoms with Crippen molar-refractivity contribution in [1.29, 1.82) is 0 Å². The lowest BCUT2D eigenvalue weighted by atomic mass is 10.0. The summed E-state index contributed by atoms with van der Waals surface area (Å²) in [7, 11) is 0. The van der Waals surface area contributed by atoms with Crippen LogP contribution in [0.4, 0.5) is 0 Å². The second kappa shape index (κ2) is 8.17. The van der Waals surface area contributed by atoms with Crippen LogP contribution in [0.3, 0.4) is 0 Å². The van der Waals surface area contributed by atoms with Crippen molar-refractivity contribution in [2.24, 2.45) is 0 Å². The van der Waals surface area contributed by atoms with E-state index in [0.29, 0.717) is 18.4 Å². The van der Waals surface area contributed by atoms with Crippen molar-refractivity contribution < 1.29 is 19.5 Å². The fourth-order valence-corrected chi connectivity index (χ4v) is 2.17. The molecule has 1 aromatic rings. The predicted molar refractivity (Wildman–Crippen MR) is 82.4 cm³/mol. The quantitative estimate of drug-likeness (QED) is 0.710. The summed E-state index contributed by atoms with van der Waals surface area (Å²) in [5, 5.41) is 14.2. The van der Waals surface area contributed by atoms with Gasteiger partial charge < -0.3 is 15.7 Å². The third kappa shape index (κ3) is 5.55. The minimum Gasteiger partial charge on any atom is -0.479 e. The zero-order valence-electron chi connectivity index (χ0n) is 13.1. The molecule has 1 unspecified atom stereocenters. The lowest BCUT2D eigenvalue weighted by Crippen LogP contribution is -2.41. The molecular weight excluding hydrogens is 284 g/mol. The Morgan fingerprint density at radius 1 is 1.09 bits per heavy atom. The van der Waals surface area contributed by atoms with Crippen molar-refractivity contribution >= 4 is 17.8 Å². The van der Waals surface area contributed by atoms with Gasteiger partial charge in [-0.05, 0) is 25.8 Å². The van der Waals surface area contributed by atoms with Crippen LogP contribution < -0.4 is 10.6 Å². The summed E-state index contributed by atoms with van der Waals surface area (Å²) >= 11 is 0. The lowest BCUT2D eigenvalue weighted by molar-refractivity contribution is -0.141. The molecule has 0 fully saturated rings. The highest BCUT2D eigenvalue weighted by Gasteiger charge is 2.22. The van der Waals surface area contributed by atoms with Crippen molar-refractivity contribution in [3.8, 4) is 0 Å². The lowest BCUT2D eigenvalue weighted by Gasteiger charge is -2.16.